The molecule has 1 fully saturated rings. The van der Waals surface area contributed by atoms with Crippen molar-refractivity contribution in [3.8, 4) is 11.5 Å². The zero-order chi connectivity index (χ0) is 22.4. The van der Waals surface area contributed by atoms with Gasteiger partial charge in [-0.1, -0.05) is 13.3 Å². The van der Waals surface area contributed by atoms with Crippen molar-refractivity contribution in [2.45, 2.75) is 58.5 Å². The lowest BCUT2D eigenvalue weighted by Gasteiger charge is -2.35. The number of nitrogens with one attached hydrogen (secondary N) is 1. The van der Waals surface area contributed by atoms with Crippen LogP contribution in [0.2, 0.25) is 0 Å². The lowest BCUT2D eigenvalue weighted by atomic mass is 10.00. The molecule has 1 aliphatic heterocycles. The highest BCUT2D eigenvalue weighted by Crippen LogP contribution is 2.32. The van der Waals surface area contributed by atoms with Crippen LogP contribution in [0.1, 0.15) is 56.3 Å². The van der Waals surface area contributed by atoms with Crippen LogP contribution >= 0.6 is 0 Å². The van der Waals surface area contributed by atoms with Crippen LogP contribution in [0.25, 0.3) is 10.8 Å². The SMILES string of the molecule is CCC1CCCCN1CCCNC(=O)c1cn(CC)c(=O)c2cc(OC)c(OC)cc12. The molecule has 1 N–H and O–H groups in total. The number of fused-ring (bicyclic) bond motifs is 1. The van der Waals surface area contributed by atoms with Crippen molar-refractivity contribution in [2.75, 3.05) is 33.9 Å². The van der Waals surface area contributed by atoms with E-state index in [9.17, 15) is 9.59 Å². The standard InChI is InChI=1S/C24H35N3O4/c1-5-17-10-7-8-12-27(17)13-9-11-25-23(28)20-16-26(6-2)24(29)19-15-22(31-4)21(30-3)14-18(19)20/h14-17H,5-13H2,1-4H3,(H,25,28). The Hall–Kier alpha value is -2.54. The molecule has 1 aromatic carbocycles. The predicted octanol–water partition coefficient (Wildman–Crippen LogP) is 3.42. The van der Waals surface area contributed by atoms with Gasteiger partial charge in [0.05, 0.1) is 25.2 Å². The summed E-state index contributed by atoms with van der Waals surface area (Å²) in [6.07, 6.45) is 7.59. The van der Waals surface area contributed by atoms with Crippen LogP contribution in [-0.4, -0.2) is 55.3 Å². The van der Waals surface area contributed by atoms with E-state index in [-0.39, 0.29) is 11.5 Å². The van der Waals surface area contributed by atoms with Crippen LogP contribution in [0, 0.1) is 0 Å². The number of benzene rings is 1. The van der Waals surface area contributed by atoms with Crippen LogP contribution in [0.3, 0.4) is 0 Å². The van der Waals surface area contributed by atoms with Crippen molar-refractivity contribution in [1.82, 2.24) is 14.8 Å². The van der Waals surface area contributed by atoms with E-state index in [1.807, 2.05) is 6.92 Å². The number of hydrogen-bond acceptors (Lipinski definition) is 5. The van der Waals surface area contributed by atoms with Gasteiger partial charge in [-0.15, -0.1) is 0 Å². The Balaban J connectivity index is 1.78. The fourth-order valence-electron chi connectivity index (χ4n) is 4.53. The quantitative estimate of drug-likeness (QED) is 0.619. The third kappa shape index (κ3) is 5.03. The maximum absolute atomic E-state index is 13.1. The van der Waals surface area contributed by atoms with Crippen molar-refractivity contribution in [3.05, 3.63) is 34.2 Å². The van der Waals surface area contributed by atoms with Gasteiger partial charge in [-0.05, 0) is 51.3 Å². The van der Waals surface area contributed by atoms with Gasteiger partial charge in [0.25, 0.3) is 11.5 Å². The second kappa shape index (κ2) is 10.7. The molecule has 1 atom stereocenters. The van der Waals surface area contributed by atoms with Crippen LogP contribution in [0.5, 0.6) is 11.5 Å². The summed E-state index contributed by atoms with van der Waals surface area (Å²) in [5, 5.41) is 4.07. The molecule has 31 heavy (non-hydrogen) atoms. The smallest absolute Gasteiger partial charge is 0.258 e. The van der Waals surface area contributed by atoms with E-state index in [0.717, 1.165) is 19.5 Å². The molecular formula is C24H35N3O4. The number of carbonyl (C=O) groups excluding carboxylic acids is 1. The Labute approximate surface area is 184 Å². The van der Waals surface area contributed by atoms with Gasteiger partial charge < -0.3 is 24.3 Å². The minimum Gasteiger partial charge on any atom is -0.493 e. The molecule has 170 valence electrons. The summed E-state index contributed by atoms with van der Waals surface area (Å²) in [6.45, 7) is 7.38. The third-order valence-electron chi connectivity index (χ3n) is 6.30. The Morgan fingerprint density at radius 3 is 2.48 bits per heavy atom. The summed E-state index contributed by atoms with van der Waals surface area (Å²) in [6, 6.07) is 4.04. The first-order valence-electron chi connectivity index (χ1n) is 11.3. The second-order valence-corrected chi connectivity index (χ2v) is 8.09. The molecule has 2 aromatic rings. The highest BCUT2D eigenvalue weighted by molar-refractivity contribution is 6.07. The molecule has 1 aromatic heterocycles. The van der Waals surface area contributed by atoms with Crippen LogP contribution in [0.15, 0.2) is 23.1 Å². The monoisotopic (exact) mass is 429 g/mol. The van der Waals surface area contributed by atoms with E-state index in [1.165, 1.54) is 32.8 Å². The molecule has 3 rings (SSSR count). The van der Waals surface area contributed by atoms with Crippen molar-refractivity contribution in [3.63, 3.8) is 0 Å². The number of methoxy groups -OCH3 is 2. The Morgan fingerprint density at radius 2 is 1.84 bits per heavy atom. The first kappa shape index (κ1) is 23.1. The lowest BCUT2D eigenvalue weighted by molar-refractivity contribution is 0.0948. The molecule has 0 radical (unpaired) electrons. The Bertz CT molecular complexity index is 969. The number of ether oxygens (including phenoxy) is 2. The Morgan fingerprint density at radius 1 is 1.13 bits per heavy atom. The second-order valence-electron chi connectivity index (χ2n) is 8.09. The number of amides is 1. The van der Waals surface area contributed by atoms with Gasteiger partial charge >= 0.3 is 0 Å². The van der Waals surface area contributed by atoms with Crippen molar-refractivity contribution >= 4 is 16.7 Å². The number of likely N-dealkylation sites (tertiary alicyclic amines) is 1. The highest BCUT2D eigenvalue weighted by atomic mass is 16.5. The van der Waals surface area contributed by atoms with Gasteiger partial charge in [0.1, 0.15) is 0 Å². The molecule has 7 nitrogen and oxygen atoms in total. The lowest BCUT2D eigenvalue weighted by Crippen LogP contribution is -2.40. The number of pyridine rings is 1. The van der Waals surface area contributed by atoms with Gasteiger partial charge in [-0.25, -0.2) is 0 Å². The number of hydrogen-bond donors (Lipinski definition) is 1. The van der Waals surface area contributed by atoms with Gasteiger partial charge in [-0.3, -0.25) is 9.59 Å². The van der Waals surface area contributed by atoms with Crippen molar-refractivity contribution in [2.24, 2.45) is 0 Å². The molecule has 1 amide bonds. The summed E-state index contributed by atoms with van der Waals surface area (Å²) in [7, 11) is 3.07. The number of rotatable bonds is 9. The van der Waals surface area contributed by atoms with Gasteiger partial charge in [0, 0.05) is 37.3 Å². The Kier molecular flexibility index (Phi) is 7.96. The summed E-state index contributed by atoms with van der Waals surface area (Å²) in [4.78, 5) is 28.4. The average Bonchev–Trinajstić information content (AvgIpc) is 2.81. The van der Waals surface area contributed by atoms with Gasteiger partial charge in [0.2, 0.25) is 0 Å². The fourth-order valence-corrected chi connectivity index (χ4v) is 4.53. The molecule has 1 unspecified atom stereocenters. The van der Waals surface area contributed by atoms with Gasteiger partial charge in [0.15, 0.2) is 11.5 Å². The van der Waals surface area contributed by atoms with E-state index in [4.69, 9.17) is 9.47 Å². The first-order chi connectivity index (χ1) is 15.0. The number of nitrogens with zero attached hydrogens (tertiary/aromatic N) is 2. The number of piperidine rings is 1. The van der Waals surface area contributed by atoms with E-state index in [1.54, 1.807) is 30.0 Å². The normalized spacial score (nSPS) is 17.0. The van der Waals surface area contributed by atoms with E-state index >= 15 is 0 Å². The van der Waals surface area contributed by atoms with Crippen LogP contribution in [-0.2, 0) is 6.54 Å². The number of carbonyl (C=O) groups is 1. The van der Waals surface area contributed by atoms with Crippen molar-refractivity contribution in [1.29, 1.82) is 0 Å². The summed E-state index contributed by atoms with van der Waals surface area (Å²) in [5.74, 6) is 0.790. The van der Waals surface area contributed by atoms with Gasteiger partial charge in [-0.2, -0.15) is 0 Å². The zero-order valence-electron chi connectivity index (χ0n) is 19.2. The predicted molar refractivity (Wildman–Crippen MR) is 123 cm³/mol. The average molecular weight is 430 g/mol. The van der Waals surface area contributed by atoms with Crippen LogP contribution in [0.4, 0.5) is 0 Å². The molecule has 0 spiro atoms. The molecule has 0 bridgehead atoms. The highest BCUT2D eigenvalue weighted by Gasteiger charge is 2.21. The van der Waals surface area contributed by atoms with E-state index in [2.05, 4.69) is 17.1 Å². The molecule has 2 heterocycles. The maximum Gasteiger partial charge on any atom is 0.258 e. The molecule has 0 saturated carbocycles. The molecule has 1 saturated heterocycles. The van der Waals surface area contributed by atoms with Crippen molar-refractivity contribution < 1.29 is 14.3 Å². The molecule has 7 heteroatoms. The molecule has 0 aliphatic carbocycles. The topological polar surface area (TPSA) is 72.8 Å². The molecule has 1 aliphatic rings. The zero-order valence-corrected chi connectivity index (χ0v) is 19.2. The summed E-state index contributed by atoms with van der Waals surface area (Å²) >= 11 is 0. The van der Waals surface area contributed by atoms with E-state index in [0.29, 0.717) is 47.0 Å². The number of aryl methyl sites for hydroxylation is 1. The van der Waals surface area contributed by atoms with Crippen LogP contribution < -0.4 is 20.3 Å². The largest absolute Gasteiger partial charge is 0.493 e. The number of aromatic nitrogens is 1. The fraction of sp³-hybridized carbons (Fsp3) is 0.583. The summed E-state index contributed by atoms with van der Waals surface area (Å²) < 4.78 is 12.3. The molecular weight excluding hydrogens is 394 g/mol. The maximum atomic E-state index is 13.1. The minimum atomic E-state index is -0.176. The third-order valence-corrected chi connectivity index (χ3v) is 6.30. The van der Waals surface area contributed by atoms with E-state index < -0.39 is 0 Å². The minimum absolute atomic E-state index is 0.147. The summed E-state index contributed by atoms with van der Waals surface area (Å²) in [5.41, 5.74) is 0.326. The first-order valence-corrected chi connectivity index (χ1v) is 11.3.